The average Bonchev–Trinajstić information content (AvgIpc) is 2.93. The van der Waals surface area contributed by atoms with Gasteiger partial charge in [-0.25, -0.2) is 9.29 Å². The van der Waals surface area contributed by atoms with Gasteiger partial charge in [-0.3, -0.25) is 9.59 Å². The number of halogens is 2. The molecule has 4 nitrogen and oxygen atoms in total. The van der Waals surface area contributed by atoms with Crippen molar-refractivity contribution in [3.05, 3.63) is 101 Å². The summed E-state index contributed by atoms with van der Waals surface area (Å²) in [7, 11) is 0. The van der Waals surface area contributed by atoms with Crippen LogP contribution in [0.1, 0.15) is 5.56 Å². The molecular weight excluding hydrogens is 379 g/mol. The molecule has 1 aliphatic rings. The number of amides is 2. The molecule has 0 fully saturated rings. The maximum Gasteiger partial charge on any atom is 0.282 e. The topological polar surface area (TPSA) is 49.4 Å². The molecule has 0 saturated heterocycles. The summed E-state index contributed by atoms with van der Waals surface area (Å²) in [6, 6.07) is 21.0. The van der Waals surface area contributed by atoms with Crippen LogP contribution in [-0.4, -0.2) is 11.8 Å². The summed E-state index contributed by atoms with van der Waals surface area (Å²) in [6.45, 7) is 0. The van der Waals surface area contributed by atoms with E-state index >= 15 is 0 Å². The number of rotatable bonds is 4. The lowest BCUT2D eigenvalue weighted by Crippen LogP contribution is -2.32. The molecule has 3 aromatic carbocycles. The molecule has 0 saturated carbocycles. The molecule has 3 aromatic rings. The average molecular weight is 393 g/mol. The second-order valence-electron chi connectivity index (χ2n) is 6.17. The van der Waals surface area contributed by atoms with Crippen molar-refractivity contribution in [2.24, 2.45) is 0 Å². The van der Waals surface area contributed by atoms with Gasteiger partial charge in [0.15, 0.2) is 0 Å². The molecule has 6 heteroatoms. The Bertz CT molecular complexity index is 1100. The van der Waals surface area contributed by atoms with Crippen molar-refractivity contribution in [2.75, 3.05) is 10.2 Å². The van der Waals surface area contributed by atoms with E-state index in [-0.39, 0.29) is 11.3 Å². The molecule has 0 unspecified atom stereocenters. The van der Waals surface area contributed by atoms with Gasteiger partial charge in [-0.1, -0.05) is 48.0 Å². The Kier molecular flexibility index (Phi) is 4.67. The normalized spacial score (nSPS) is 14.0. The van der Waals surface area contributed by atoms with Crippen LogP contribution >= 0.6 is 11.6 Å². The van der Waals surface area contributed by atoms with Gasteiger partial charge in [0.2, 0.25) is 0 Å². The first-order valence-electron chi connectivity index (χ1n) is 8.51. The highest BCUT2D eigenvalue weighted by Crippen LogP contribution is 2.34. The van der Waals surface area contributed by atoms with Crippen molar-refractivity contribution < 1.29 is 14.0 Å². The van der Waals surface area contributed by atoms with Gasteiger partial charge in [0, 0.05) is 10.7 Å². The van der Waals surface area contributed by atoms with E-state index in [4.69, 9.17) is 11.6 Å². The Labute approximate surface area is 165 Å². The van der Waals surface area contributed by atoms with E-state index in [1.54, 1.807) is 60.7 Å². The lowest BCUT2D eigenvalue weighted by Gasteiger charge is -2.15. The van der Waals surface area contributed by atoms with Crippen LogP contribution in [0.2, 0.25) is 5.02 Å². The van der Waals surface area contributed by atoms with E-state index in [2.05, 4.69) is 5.32 Å². The molecule has 2 amide bonds. The highest BCUT2D eigenvalue weighted by atomic mass is 35.5. The Morgan fingerprint density at radius 3 is 2.21 bits per heavy atom. The van der Waals surface area contributed by atoms with Crippen LogP contribution < -0.4 is 10.2 Å². The summed E-state index contributed by atoms with van der Waals surface area (Å²) in [6.07, 6.45) is 0. The molecule has 138 valence electrons. The van der Waals surface area contributed by atoms with Crippen molar-refractivity contribution in [1.82, 2.24) is 0 Å². The van der Waals surface area contributed by atoms with Crippen LogP contribution in [0.5, 0.6) is 0 Å². The number of nitrogens with one attached hydrogen (secondary N) is 1. The Hall–Kier alpha value is -3.44. The molecule has 0 aliphatic carbocycles. The second-order valence-corrected chi connectivity index (χ2v) is 6.61. The third kappa shape index (κ3) is 3.28. The number of hydrogen-bond acceptors (Lipinski definition) is 3. The Morgan fingerprint density at radius 2 is 1.54 bits per heavy atom. The maximum absolute atomic E-state index is 13.6. The number of hydrogen-bond donors (Lipinski definition) is 1. The Morgan fingerprint density at radius 1 is 0.821 bits per heavy atom. The largest absolute Gasteiger partial charge is 0.350 e. The predicted molar refractivity (Wildman–Crippen MR) is 107 cm³/mol. The van der Waals surface area contributed by atoms with Gasteiger partial charge >= 0.3 is 0 Å². The molecular formula is C22H14ClFN2O2. The van der Waals surface area contributed by atoms with Crippen molar-refractivity contribution in [3.63, 3.8) is 0 Å². The van der Waals surface area contributed by atoms with Crippen LogP contribution in [0.15, 0.2) is 84.6 Å². The van der Waals surface area contributed by atoms with Crippen molar-refractivity contribution in [3.8, 4) is 0 Å². The number of carbonyl (C=O) groups is 2. The summed E-state index contributed by atoms with van der Waals surface area (Å²) in [5.41, 5.74) is 1.66. The minimum Gasteiger partial charge on any atom is -0.350 e. The van der Waals surface area contributed by atoms with Crippen LogP contribution in [-0.2, 0) is 9.59 Å². The third-order valence-corrected chi connectivity index (χ3v) is 4.58. The van der Waals surface area contributed by atoms with E-state index in [0.29, 0.717) is 22.0 Å². The summed E-state index contributed by atoms with van der Waals surface area (Å²) in [5.74, 6) is -1.42. The molecule has 0 bridgehead atoms. The zero-order valence-electron chi connectivity index (χ0n) is 14.5. The third-order valence-electron chi connectivity index (χ3n) is 4.33. The lowest BCUT2D eigenvalue weighted by molar-refractivity contribution is -0.120. The number of imide groups is 1. The number of benzene rings is 3. The van der Waals surface area contributed by atoms with Gasteiger partial charge in [0.05, 0.1) is 11.3 Å². The van der Waals surface area contributed by atoms with E-state index in [1.807, 2.05) is 0 Å². The minimum atomic E-state index is -0.509. The van der Waals surface area contributed by atoms with Crippen molar-refractivity contribution in [2.45, 2.75) is 0 Å². The molecule has 1 aliphatic heterocycles. The fourth-order valence-electron chi connectivity index (χ4n) is 3.05. The monoisotopic (exact) mass is 392 g/mol. The first kappa shape index (κ1) is 17.9. The number of nitrogens with zero attached hydrogens (tertiary/aromatic N) is 1. The molecule has 0 radical (unpaired) electrons. The van der Waals surface area contributed by atoms with E-state index in [0.717, 1.165) is 4.90 Å². The van der Waals surface area contributed by atoms with Crippen LogP contribution in [0.3, 0.4) is 0 Å². The molecule has 28 heavy (non-hydrogen) atoms. The number of para-hydroxylation sites is 1. The fraction of sp³-hybridized carbons (Fsp3) is 0. The summed E-state index contributed by atoms with van der Waals surface area (Å²) >= 11 is 5.96. The molecule has 4 rings (SSSR count). The second kappa shape index (κ2) is 7.29. The van der Waals surface area contributed by atoms with E-state index in [1.165, 1.54) is 18.2 Å². The van der Waals surface area contributed by atoms with Crippen molar-refractivity contribution in [1.29, 1.82) is 0 Å². The van der Waals surface area contributed by atoms with Crippen molar-refractivity contribution >= 4 is 40.4 Å². The SMILES string of the molecule is O=C1C(Nc2cccc(F)c2)=C(c2ccc(Cl)cc2)C(=O)N1c1ccccc1. The highest BCUT2D eigenvalue weighted by molar-refractivity contribution is 6.46. The van der Waals surface area contributed by atoms with Crippen LogP contribution in [0, 0.1) is 5.82 Å². The smallest absolute Gasteiger partial charge is 0.282 e. The molecule has 1 heterocycles. The van der Waals surface area contributed by atoms with E-state index < -0.39 is 17.6 Å². The van der Waals surface area contributed by atoms with Gasteiger partial charge < -0.3 is 5.32 Å². The van der Waals surface area contributed by atoms with Gasteiger partial charge in [0.1, 0.15) is 11.5 Å². The maximum atomic E-state index is 13.6. The number of anilines is 2. The Balaban J connectivity index is 1.83. The molecule has 0 aromatic heterocycles. The first-order chi connectivity index (χ1) is 13.5. The van der Waals surface area contributed by atoms with Gasteiger partial charge in [-0.05, 0) is 48.0 Å². The van der Waals surface area contributed by atoms with Crippen LogP contribution in [0.25, 0.3) is 5.57 Å². The van der Waals surface area contributed by atoms with Gasteiger partial charge in [-0.2, -0.15) is 0 Å². The summed E-state index contributed by atoms with van der Waals surface area (Å²) in [5, 5.41) is 3.43. The quantitative estimate of drug-likeness (QED) is 0.644. The standard InChI is InChI=1S/C22H14ClFN2O2/c23-15-11-9-14(10-12-15)19-20(25-17-6-4-5-16(24)13-17)22(28)26(21(19)27)18-7-2-1-3-8-18/h1-13,25H. The highest BCUT2D eigenvalue weighted by Gasteiger charge is 2.40. The lowest BCUT2D eigenvalue weighted by atomic mass is 10.0. The molecule has 1 N–H and O–H groups in total. The first-order valence-corrected chi connectivity index (χ1v) is 8.89. The summed E-state index contributed by atoms with van der Waals surface area (Å²) in [4.78, 5) is 27.4. The number of carbonyl (C=O) groups excluding carboxylic acids is 2. The fourth-order valence-corrected chi connectivity index (χ4v) is 3.18. The van der Waals surface area contributed by atoms with Crippen LogP contribution in [0.4, 0.5) is 15.8 Å². The zero-order chi connectivity index (χ0) is 19.7. The van der Waals surface area contributed by atoms with Gasteiger partial charge in [-0.15, -0.1) is 0 Å². The summed E-state index contributed by atoms with van der Waals surface area (Å²) < 4.78 is 13.6. The molecule has 0 spiro atoms. The zero-order valence-corrected chi connectivity index (χ0v) is 15.3. The molecule has 0 atom stereocenters. The van der Waals surface area contributed by atoms with E-state index in [9.17, 15) is 14.0 Å². The van der Waals surface area contributed by atoms with Gasteiger partial charge in [0.25, 0.3) is 11.8 Å². The minimum absolute atomic E-state index is 0.0850. The predicted octanol–water partition coefficient (Wildman–Crippen LogP) is 4.88.